The molecule has 0 fully saturated rings. The standard InChI is InChI=1S/C17H11NO5S.O3S/c19-16-12-8-10(24(21,22)23)6-5-9(12)7-13(16)15-17(20)11-3-1-2-4-14(11)18-15;1-4(2)3/h1-6,8,18H,7H2,(H,21,22,23);/b15-13-;. The summed E-state index contributed by atoms with van der Waals surface area (Å²) in [5.74, 6) is -0.657. The SMILES string of the molecule is O=C1/C(=C2\Nc3ccccc3C2=O)Cc2ccc(S(=O)(=O)O)cc21.O=S(=O)=O. The Labute approximate surface area is 160 Å². The first-order chi connectivity index (χ1) is 13.1. The molecule has 1 aliphatic carbocycles. The number of carbonyl (C=O) groups is 2. The Hall–Kier alpha value is -3.15. The monoisotopic (exact) mass is 421 g/mol. The van der Waals surface area contributed by atoms with Crippen LogP contribution in [0.5, 0.6) is 0 Å². The molecular weight excluding hydrogens is 410 g/mol. The lowest BCUT2D eigenvalue weighted by Crippen LogP contribution is -2.09. The average molecular weight is 421 g/mol. The van der Waals surface area contributed by atoms with Crippen LogP contribution in [0.25, 0.3) is 0 Å². The zero-order valence-electron chi connectivity index (χ0n) is 13.9. The highest BCUT2D eigenvalue weighted by Crippen LogP contribution is 2.35. The van der Waals surface area contributed by atoms with Gasteiger partial charge in [0.2, 0.25) is 5.78 Å². The molecule has 4 rings (SSSR count). The van der Waals surface area contributed by atoms with Gasteiger partial charge in [0.1, 0.15) is 0 Å². The molecule has 0 amide bonds. The van der Waals surface area contributed by atoms with Crippen molar-refractivity contribution >= 4 is 38.0 Å². The molecule has 28 heavy (non-hydrogen) atoms. The molecule has 144 valence electrons. The maximum atomic E-state index is 12.6. The zero-order valence-corrected chi connectivity index (χ0v) is 15.5. The number of Topliss-reactive ketones (excluding diaryl/α,β-unsaturated/α-hetero) is 2. The highest BCUT2D eigenvalue weighted by Gasteiger charge is 2.34. The fourth-order valence-corrected chi connectivity index (χ4v) is 3.55. The Kier molecular flexibility index (Phi) is 4.98. The van der Waals surface area contributed by atoms with Crippen LogP contribution in [0.3, 0.4) is 0 Å². The van der Waals surface area contributed by atoms with Crippen molar-refractivity contribution in [2.24, 2.45) is 0 Å². The Morgan fingerprint density at radius 2 is 1.57 bits per heavy atom. The van der Waals surface area contributed by atoms with Gasteiger partial charge in [-0.05, 0) is 29.8 Å². The normalized spacial score (nSPS) is 17.3. The van der Waals surface area contributed by atoms with E-state index < -0.39 is 26.5 Å². The molecule has 0 aromatic heterocycles. The van der Waals surface area contributed by atoms with Crippen molar-refractivity contribution in [3.8, 4) is 0 Å². The van der Waals surface area contributed by atoms with Crippen LogP contribution in [0.4, 0.5) is 5.69 Å². The average Bonchev–Trinajstić information content (AvgIpc) is 3.11. The van der Waals surface area contributed by atoms with E-state index in [2.05, 4.69) is 5.32 Å². The van der Waals surface area contributed by atoms with Crippen LogP contribution in [0.15, 0.2) is 58.6 Å². The molecule has 0 unspecified atom stereocenters. The topological polar surface area (TPSA) is 152 Å². The number of fused-ring (bicyclic) bond motifs is 2. The first-order valence-electron chi connectivity index (χ1n) is 7.65. The molecule has 1 heterocycles. The first kappa shape index (κ1) is 19.6. The predicted octanol–water partition coefficient (Wildman–Crippen LogP) is 1.23. The second kappa shape index (κ2) is 7.11. The Bertz CT molecular complexity index is 1270. The van der Waals surface area contributed by atoms with Gasteiger partial charge in [-0.25, -0.2) is 0 Å². The predicted molar refractivity (Wildman–Crippen MR) is 95.4 cm³/mol. The molecule has 0 spiro atoms. The summed E-state index contributed by atoms with van der Waals surface area (Å²) in [6.45, 7) is 0. The summed E-state index contributed by atoms with van der Waals surface area (Å²) in [6.07, 6.45) is 0.238. The Morgan fingerprint density at radius 3 is 2.18 bits per heavy atom. The molecule has 2 aromatic carbocycles. The molecular formula is C17H11NO8S2. The van der Waals surface area contributed by atoms with Crippen molar-refractivity contribution in [1.29, 1.82) is 0 Å². The highest BCUT2D eigenvalue weighted by atomic mass is 32.2. The number of allylic oxidation sites excluding steroid dienone is 2. The Balaban J connectivity index is 0.000000516. The van der Waals surface area contributed by atoms with E-state index in [1.807, 2.05) is 0 Å². The summed E-state index contributed by atoms with van der Waals surface area (Å²) in [4.78, 5) is 24.8. The zero-order chi connectivity index (χ0) is 20.6. The van der Waals surface area contributed by atoms with Crippen LogP contribution in [-0.4, -0.2) is 37.2 Å². The minimum absolute atomic E-state index is 0.193. The summed E-state index contributed by atoms with van der Waals surface area (Å²) in [6, 6.07) is 10.8. The van der Waals surface area contributed by atoms with Crippen LogP contribution in [0.2, 0.25) is 0 Å². The second-order valence-electron chi connectivity index (χ2n) is 5.86. The van der Waals surface area contributed by atoms with Gasteiger partial charge >= 0.3 is 10.6 Å². The van der Waals surface area contributed by atoms with Crippen molar-refractivity contribution in [2.45, 2.75) is 11.3 Å². The lowest BCUT2D eigenvalue weighted by Gasteiger charge is -2.02. The fourth-order valence-electron chi connectivity index (χ4n) is 3.05. The maximum Gasteiger partial charge on any atom is 0.425 e. The molecule has 0 radical (unpaired) electrons. The van der Waals surface area contributed by atoms with Gasteiger partial charge in [0.25, 0.3) is 10.1 Å². The number of hydrogen-bond acceptors (Lipinski definition) is 8. The lowest BCUT2D eigenvalue weighted by molar-refractivity contribution is 0.101. The van der Waals surface area contributed by atoms with Crippen LogP contribution >= 0.6 is 0 Å². The van der Waals surface area contributed by atoms with Crippen molar-refractivity contribution in [1.82, 2.24) is 0 Å². The van der Waals surface area contributed by atoms with Crippen LogP contribution in [-0.2, 0) is 27.1 Å². The molecule has 0 atom stereocenters. The fraction of sp³-hybridized carbons (Fsp3) is 0.0588. The molecule has 2 aromatic rings. The van der Waals surface area contributed by atoms with Crippen LogP contribution in [0, 0.1) is 0 Å². The maximum absolute atomic E-state index is 12.6. The molecule has 0 saturated carbocycles. The minimum Gasteiger partial charge on any atom is -0.351 e. The smallest absolute Gasteiger partial charge is 0.351 e. The van der Waals surface area contributed by atoms with E-state index in [4.69, 9.17) is 17.2 Å². The molecule has 11 heteroatoms. The molecule has 1 aliphatic heterocycles. The van der Waals surface area contributed by atoms with E-state index in [9.17, 15) is 18.0 Å². The third-order valence-electron chi connectivity index (χ3n) is 4.23. The van der Waals surface area contributed by atoms with Crippen molar-refractivity contribution < 1.29 is 35.2 Å². The summed E-state index contributed by atoms with van der Waals surface area (Å²) in [5.41, 5.74) is 2.50. The van der Waals surface area contributed by atoms with Crippen molar-refractivity contribution in [3.63, 3.8) is 0 Å². The number of nitrogens with one attached hydrogen (secondary N) is 1. The number of carbonyl (C=O) groups excluding carboxylic acids is 2. The number of hydrogen-bond donors (Lipinski definition) is 2. The highest BCUT2D eigenvalue weighted by molar-refractivity contribution is 7.85. The van der Waals surface area contributed by atoms with Gasteiger partial charge in [0.15, 0.2) is 5.78 Å². The second-order valence-corrected chi connectivity index (χ2v) is 7.69. The number of rotatable bonds is 1. The van der Waals surface area contributed by atoms with E-state index in [1.54, 1.807) is 24.3 Å². The van der Waals surface area contributed by atoms with Crippen molar-refractivity contribution in [2.75, 3.05) is 5.32 Å². The van der Waals surface area contributed by atoms with Gasteiger partial charge in [-0.3, -0.25) is 14.1 Å². The summed E-state index contributed by atoms with van der Waals surface area (Å²) >= 11 is 0. The summed E-state index contributed by atoms with van der Waals surface area (Å²) in [7, 11) is -7.50. The van der Waals surface area contributed by atoms with E-state index in [0.29, 0.717) is 22.4 Å². The number of para-hydroxylation sites is 1. The summed E-state index contributed by atoms with van der Waals surface area (Å²) in [5, 5.41) is 2.98. The van der Waals surface area contributed by atoms with Crippen LogP contribution < -0.4 is 5.32 Å². The largest absolute Gasteiger partial charge is 0.425 e. The molecule has 0 saturated heterocycles. The molecule has 0 bridgehead atoms. The van der Waals surface area contributed by atoms with E-state index in [1.165, 1.54) is 12.1 Å². The first-order valence-corrected chi connectivity index (χ1v) is 10.1. The molecule has 2 N–H and O–H groups in total. The Morgan fingerprint density at radius 1 is 0.929 bits per heavy atom. The van der Waals surface area contributed by atoms with E-state index in [-0.39, 0.29) is 28.4 Å². The number of ketones is 2. The van der Waals surface area contributed by atoms with Gasteiger partial charge in [-0.15, -0.1) is 12.6 Å². The van der Waals surface area contributed by atoms with Crippen molar-refractivity contribution in [3.05, 3.63) is 70.4 Å². The lowest BCUT2D eigenvalue weighted by atomic mass is 10.1. The van der Waals surface area contributed by atoms with Gasteiger partial charge in [0.05, 0.1) is 10.6 Å². The summed E-state index contributed by atoms with van der Waals surface area (Å²) < 4.78 is 56.9. The number of benzene rings is 2. The van der Waals surface area contributed by atoms with Gasteiger partial charge < -0.3 is 5.32 Å². The third kappa shape index (κ3) is 3.63. The van der Waals surface area contributed by atoms with Gasteiger partial charge in [-0.2, -0.15) is 8.42 Å². The van der Waals surface area contributed by atoms with E-state index in [0.717, 1.165) is 6.07 Å². The minimum atomic E-state index is -4.39. The van der Waals surface area contributed by atoms with E-state index >= 15 is 0 Å². The molecule has 2 aliphatic rings. The van der Waals surface area contributed by atoms with Crippen LogP contribution in [0.1, 0.15) is 26.3 Å². The molecule has 9 nitrogen and oxygen atoms in total. The van der Waals surface area contributed by atoms with Gasteiger partial charge in [-0.1, -0.05) is 18.2 Å². The van der Waals surface area contributed by atoms with Gasteiger partial charge in [0, 0.05) is 28.8 Å². The quantitative estimate of drug-likeness (QED) is 0.511. The number of anilines is 1. The third-order valence-corrected chi connectivity index (χ3v) is 5.07.